The van der Waals surface area contributed by atoms with E-state index in [-0.39, 0.29) is 37.1 Å². The minimum atomic E-state index is -1.98. The number of hydrogen-bond acceptors (Lipinski definition) is 23. The molecule has 0 aromatic heterocycles. The number of aromatic hydroxyl groups is 1. The average molecular weight is 1370 g/mol. The number of phenols is 1. The van der Waals surface area contributed by atoms with Crippen molar-refractivity contribution >= 4 is 107 Å². The summed E-state index contributed by atoms with van der Waals surface area (Å²) in [4.78, 5) is 209. The first-order valence-corrected chi connectivity index (χ1v) is 30.5. The molecule has 26 N–H and O–H groups in total. The predicted molar refractivity (Wildman–Crippen MR) is 334 cm³/mol. The lowest BCUT2D eigenvalue weighted by molar-refractivity contribution is -0.138. The molecule has 0 heterocycles. The normalized spacial score (nSPS) is 15.4. The zero-order valence-corrected chi connectivity index (χ0v) is 53.9. The van der Waals surface area contributed by atoms with Crippen molar-refractivity contribution in [3.8, 4) is 5.75 Å². The smallest absolute Gasteiger partial charge is 0.303 e. The van der Waals surface area contributed by atoms with E-state index in [1.807, 2.05) is 0 Å². The summed E-state index contributed by atoms with van der Waals surface area (Å²) in [6.45, 7) is 3.30. The molecule has 0 saturated heterocycles. The first kappa shape index (κ1) is 83.7. The Balaban J connectivity index is 3.51. The molecule has 0 unspecified atom stereocenters. The molecule has 0 radical (unpaired) electrons. The molecule has 0 aliphatic heterocycles. The topological polar surface area (TPSA) is 643 Å². The molecule has 0 saturated carbocycles. The summed E-state index contributed by atoms with van der Waals surface area (Å²) in [6.07, 6.45) is -4.50. The van der Waals surface area contributed by atoms with Crippen molar-refractivity contribution in [3.05, 3.63) is 29.8 Å². The Hall–Kier alpha value is -9.31. The summed E-state index contributed by atoms with van der Waals surface area (Å²) in [5, 5.41) is 87.3. The largest absolute Gasteiger partial charge is 0.508 e. The minimum absolute atomic E-state index is 0.0967. The van der Waals surface area contributed by atoms with E-state index >= 15 is 0 Å². The molecule has 38 nitrogen and oxygen atoms in total. The van der Waals surface area contributed by atoms with E-state index in [4.69, 9.17) is 28.0 Å². The number of carbonyl (C=O) groups is 16. The van der Waals surface area contributed by atoms with E-state index in [9.17, 15) is 102 Å². The second kappa shape index (κ2) is 42.8. The zero-order valence-electron chi connectivity index (χ0n) is 53.0. The van der Waals surface area contributed by atoms with Crippen LogP contribution in [0.5, 0.6) is 5.75 Å². The fourth-order valence-corrected chi connectivity index (χ4v) is 8.83. The molecule has 0 spiro atoms. The van der Waals surface area contributed by atoms with Crippen molar-refractivity contribution in [2.75, 3.05) is 32.1 Å². The van der Waals surface area contributed by atoms with Gasteiger partial charge in [0, 0.05) is 31.9 Å². The Morgan fingerprint density at radius 1 is 0.474 bits per heavy atom. The number of thiol groups is 1. The van der Waals surface area contributed by atoms with Crippen molar-refractivity contribution < 1.29 is 107 Å². The third-order valence-electron chi connectivity index (χ3n) is 14.2. The van der Waals surface area contributed by atoms with Crippen molar-refractivity contribution in [1.82, 2.24) is 63.8 Å². The number of hydrogen-bond donors (Lipinski definition) is 23. The summed E-state index contributed by atoms with van der Waals surface area (Å²) < 4.78 is 0. The second-order valence-electron chi connectivity index (χ2n) is 22.0. The lowest BCUT2D eigenvalue weighted by Gasteiger charge is -2.29. The number of aliphatic hydroxyl groups is 4. The Kier molecular flexibility index (Phi) is 37.7. The van der Waals surface area contributed by atoms with Gasteiger partial charge >= 0.3 is 5.97 Å². The second-order valence-corrected chi connectivity index (χ2v) is 22.3. The van der Waals surface area contributed by atoms with Gasteiger partial charge in [0.2, 0.25) is 88.6 Å². The van der Waals surface area contributed by atoms with Crippen molar-refractivity contribution in [1.29, 1.82) is 0 Å². The number of rotatable bonds is 45. The number of carboxylic acids is 1. The Bertz CT molecular complexity index is 2860. The Morgan fingerprint density at radius 2 is 0.874 bits per heavy atom. The van der Waals surface area contributed by atoms with Crippen LogP contribution in [0.15, 0.2) is 24.3 Å². The van der Waals surface area contributed by atoms with Gasteiger partial charge < -0.3 is 117 Å². The van der Waals surface area contributed by atoms with Crippen LogP contribution in [0.25, 0.3) is 0 Å². The summed E-state index contributed by atoms with van der Waals surface area (Å²) in [7, 11) is 0. The van der Waals surface area contributed by atoms with Crippen LogP contribution in [0, 0.1) is 5.92 Å². The van der Waals surface area contributed by atoms with E-state index < -0.39 is 243 Å². The molecule has 0 aliphatic rings. The number of carbonyl (C=O) groups excluding carboxylic acids is 15. The number of carboxylic acid groups (broad SMARTS) is 1. The van der Waals surface area contributed by atoms with Gasteiger partial charge in [0.15, 0.2) is 0 Å². The number of primary amides is 3. The molecule has 95 heavy (non-hydrogen) atoms. The third-order valence-corrected chi connectivity index (χ3v) is 14.5. The molecule has 14 atom stereocenters. The number of phenolic OH excluding ortho intramolecular Hbond substituents is 1. The lowest BCUT2D eigenvalue weighted by Crippen LogP contribution is -2.62. The molecule has 532 valence electrons. The maximum Gasteiger partial charge on any atom is 0.303 e. The molecule has 15 amide bonds. The fraction of sp³-hybridized carbons (Fsp3) is 0.607. The summed E-state index contributed by atoms with van der Waals surface area (Å²) in [6, 6.07) is -15.3. The quantitative estimate of drug-likeness (QED) is 0.0213. The lowest BCUT2D eigenvalue weighted by atomic mass is 9.97. The average Bonchev–Trinajstić information content (AvgIpc) is 0.982. The number of amides is 15. The van der Waals surface area contributed by atoms with Gasteiger partial charge in [-0.05, 0) is 76.1 Å². The predicted octanol–water partition coefficient (Wildman–Crippen LogP) is -10.3. The van der Waals surface area contributed by atoms with E-state index in [1.54, 1.807) is 6.92 Å². The third kappa shape index (κ3) is 30.5. The monoisotopic (exact) mass is 1370 g/mol. The number of aliphatic carboxylic acids is 1. The van der Waals surface area contributed by atoms with Crippen LogP contribution in [0.2, 0.25) is 0 Å². The number of unbranched alkanes of at least 4 members (excludes halogenated alkanes) is 1. The molecule has 39 heteroatoms. The Labute approximate surface area is 550 Å². The van der Waals surface area contributed by atoms with E-state index in [0.717, 1.165) is 13.8 Å². The van der Waals surface area contributed by atoms with Crippen LogP contribution in [-0.2, 0) is 83.1 Å². The molecule has 0 fully saturated rings. The van der Waals surface area contributed by atoms with Crippen molar-refractivity contribution in [2.45, 2.75) is 177 Å². The van der Waals surface area contributed by atoms with Crippen LogP contribution in [0.4, 0.5) is 0 Å². The first-order chi connectivity index (χ1) is 44.6. The summed E-state index contributed by atoms with van der Waals surface area (Å²) in [5.74, 6) is -19.4. The molecule has 0 bridgehead atoms. The first-order valence-electron chi connectivity index (χ1n) is 29.9. The number of nitrogens with one attached hydrogen (secondary N) is 12. The molecule has 1 aromatic rings. The van der Waals surface area contributed by atoms with Crippen LogP contribution >= 0.6 is 12.6 Å². The van der Waals surface area contributed by atoms with Gasteiger partial charge in [-0.1, -0.05) is 32.4 Å². The standard InChI is InChI=1S/C56H90N16O22S/c1-6-25(2)43(71-48(86)32(9-7-8-18-57)63-50(88)35(20-41(59)80)65-46(84)26(3)61-28(5)77)55(93)69-37(22-74)51(89)66-34(19-29-10-12-30(78)13-11-29)49(87)64-33(14-16-40(58)79)47(85)67-36(21-73)52(90)70-39(24-95)54(92)68-38(23-75)53(91)72-44(27(4)76)56(94)62-31(45(60)83)15-17-42(81)82/h10-13,25-27,31-39,43-44,73-76,78,95H,6-9,14-24,57H2,1-5H3,(H2,58,79)(H2,59,80)(H2,60,83)(H,61,77)(H,62,94)(H,63,88)(H,64,87)(H,65,84)(H,66,89)(H,67,85)(H,68,92)(H,69,93)(H,70,90)(H,71,86)(H,72,91)(H,81,82)/t25-,26-,27+,31-,32-,33-,34-,35-,36-,37-,38-,39-,43-,44-/m0/s1. The van der Waals surface area contributed by atoms with Crippen molar-refractivity contribution in [3.63, 3.8) is 0 Å². The van der Waals surface area contributed by atoms with Crippen LogP contribution in [0.1, 0.15) is 98.0 Å². The van der Waals surface area contributed by atoms with Crippen LogP contribution in [0.3, 0.4) is 0 Å². The molecule has 1 rings (SSSR count). The maximum absolute atomic E-state index is 14.3. The number of nitrogens with two attached hydrogens (primary N) is 4. The minimum Gasteiger partial charge on any atom is -0.508 e. The number of benzene rings is 1. The molecular formula is C56H90N16O22S. The van der Waals surface area contributed by atoms with Gasteiger partial charge in [-0.15, -0.1) is 0 Å². The highest BCUT2D eigenvalue weighted by Crippen LogP contribution is 2.15. The van der Waals surface area contributed by atoms with Gasteiger partial charge in [0.1, 0.15) is 78.3 Å². The highest BCUT2D eigenvalue weighted by Gasteiger charge is 2.38. The van der Waals surface area contributed by atoms with Gasteiger partial charge in [0.05, 0.1) is 32.3 Å². The SMILES string of the molecule is CC[C@H](C)[C@H](NC(=O)[C@H](CCCCN)NC(=O)[C@H](CC(N)=O)NC(=O)[C@H](C)NC(C)=O)C(=O)N[C@@H](CO)C(=O)N[C@@H](Cc1ccc(O)cc1)C(=O)N[C@@H](CCC(N)=O)C(=O)N[C@@H](CO)C(=O)N[C@@H](CS)C(=O)N[C@@H](CO)C(=O)N[C@H](C(=O)N[C@@H](CCC(=O)O)C(N)=O)[C@@H](C)O. The number of aliphatic hydroxyl groups excluding tert-OH is 4. The summed E-state index contributed by atoms with van der Waals surface area (Å²) in [5.41, 5.74) is 21.9. The Morgan fingerprint density at radius 3 is 1.34 bits per heavy atom. The molecular weight excluding hydrogens is 1280 g/mol. The zero-order chi connectivity index (χ0) is 72.4. The highest BCUT2D eigenvalue weighted by molar-refractivity contribution is 7.80. The van der Waals surface area contributed by atoms with Crippen molar-refractivity contribution in [2.24, 2.45) is 28.9 Å². The van der Waals surface area contributed by atoms with Crippen LogP contribution in [-0.4, -0.2) is 236 Å². The van der Waals surface area contributed by atoms with Gasteiger partial charge in [-0.2, -0.15) is 12.6 Å². The fourth-order valence-electron chi connectivity index (χ4n) is 8.57. The summed E-state index contributed by atoms with van der Waals surface area (Å²) >= 11 is 4.04. The highest BCUT2D eigenvalue weighted by atomic mass is 32.1. The van der Waals surface area contributed by atoms with Gasteiger partial charge in [0.25, 0.3) is 0 Å². The van der Waals surface area contributed by atoms with Gasteiger partial charge in [-0.25, -0.2) is 0 Å². The maximum atomic E-state index is 14.3. The van der Waals surface area contributed by atoms with Gasteiger partial charge in [-0.3, -0.25) is 76.7 Å². The van der Waals surface area contributed by atoms with E-state index in [2.05, 4.69) is 76.4 Å². The van der Waals surface area contributed by atoms with Crippen LogP contribution < -0.4 is 86.7 Å². The van der Waals surface area contributed by atoms with E-state index in [1.165, 1.54) is 38.1 Å². The van der Waals surface area contributed by atoms with E-state index in [0.29, 0.717) is 6.42 Å². The molecule has 1 aromatic carbocycles. The molecule has 0 aliphatic carbocycles.